The van der Waals surface area contributed by atoms with Gasteiger partial charge in [0.05, 0.1) is 6.61 Å². The molecule has 1 aromatic rings. The van der Waals surface area contributed by atoms with Crippen molar-refractivity contribution in [2.24, 2.45) is 5.92 Å². The standard InChI is InChI=1S/C16H25N3O/c1-19(8-9-20-12-13-2-3-13)16-10-14(6-7-17-16)11-18-15-4-5-15/h6-7,10,13,15,18H,2-5,8-9,11-12H2,1H3. The Hall–Kier alpha value is -1.13. The van der Waals surface area contributed by atoms with Gasteiger partial charge < -0.3 is 15.0 Å². The summed E-state index contributed by atoms with van der Waals surface area (Å²) in [5.74, 6) is 1.88. The van der Waals surface area contributed by atoms with Gasteiger partial charge in [-0.25, -0.2) is 4.98 Å². The molecular weight excluding hydrogens is 250 g/mol. The molecule has 1 aromatic heterocycles. The monoisotopic (exact) mass is 275 g/mol. The highest BCUT2D eigenvalue weighted by atomic mass is 16.5. The fourth-order valence-corrected chi connectivity index (χ4v) is 2.18. The maximum Gasteiger partial charge on any atom is 0.128 e. The van der Waals surface area contributed by atoms with E-state index < -0.39 is 0 Å². The van der Waals surface area contributed by atoms with Crippen molar-refractivity contribution in [3.63, 3.8) is 0 Å². The Labute approximate surface area is 121 Å². The summed E-state index contributed by atoms with van der Waals surface area (Å²) in [6.07, 6.45) is 7.27. The van der Waals surface area contributed by atoms with E-state index in [1.54, 1.807) is 0 Å². The van der Waals surface area contributed by atoms with E-state index in [-0.39, 0.29) is 0 Å². The normalized spacial score (nSPS) is 18.2. The first kappa shape index (κ1) is 13.8. The third kappa shape index (κ3) is 4.46. The van der Waals surface area contributed by atoms with Gasteiger partial charge in [-0.3, -0.25) is 0 Å². The lowest BCUT2D eigenvalue weighted by molar-refractivity contribution is 0.131. The highest BCUT2D eigenvalue weighted by Crippen LogP contribution is 2.28. The fourth-order valence-electron chi connectivity index (χ4n) is 2.18. The number of hydrogen-bond acceptors (Lipinski definition) is 4. The Balaban J connectivity index is 1.42. The predicted octanol–water partition coefficient (Wildman–Crippen LogP) is 2.20. The molecule has 0 spiro atoms. The molecule has 0 unspecified atom stereocenters. The number of nitrogens with one attached hydrogen (secondary N) is 1. The van der Waals surface area contributed by atoms with Gasteiger partial charge in [-0.05, 0) is 49.3 Å². The summed E-state index contributed by atoms with van der Waals surface area (Å²) in [6.45, 7) is 3.58. The van der Waals surface area contributed by atoms with Gasteiger partial charge in [0.1, 0.15) is 5.82 Å². The first-order chi connectivity index (χ1) is 9.81. The van der Waals surface area contributed by atoms with Crippen molar-refractivity contribution in [1.82, 2.24) is 10.3 Å². The van der Waals surface area contributed by atoms with Crippen LogP contribution in [0.15, 0.2) is 18.3 Å². The molecule has 0 saturated heterocycles. The van der Waals surface area contributed by atoms with Crippen LogP contribution in [-0.2, 0) is 11.3 Å². The Morgan fingerprint density at radius 1 is 1.35 bits per heavy atom. The first-order valence-corrected chi connectivity index (χ1v) is 7.78. The van der Waals surface area contributed by atoms with Crippen LogP contribution in [0.3, 0.4) is 0 Å². The van der Waals surface area contributed by atoms with Crippen LogP contribution >= 0.6 is 0 Å². The number of rotatable bonds is 9. The molecule has 2 fully saturated rings. The maximum absolute atomic E-state index is 5.69. The van der Waals surface area contributed by atoms with E-state index in [0.717, 1.165) is 44.1 Å². The van der Waals surface area contributed by atoms with Crippen molar-refractivity contribution in [2.45, 2.75) is 38.3 Å². The second kappa shape index (κ2) is 6.55. The van der Waals surface area contributed by atoms with Crippen molar-refractivity contribution < 1.29 is 4.74 Å². The molecule has 2 saturated carbocycles. The summed E-state index contributed by atoms with van der Waals surface area (Å²) in [7, 11) is 2.08. The van der Waals surface area contributed by atoms with Crippen LogP contribution in [0.1, 0.15) is 31.2 Å². The second-order valence-corrected chi connectivity index (χ2v) is 6.12. The molecule has 1 heterocycles. The van der Waals surface area contributed by atoms with Gasteiger partial charge in [-0.1, -0.05) is 0 Å². The molecule has 0 atom stereocenters. The van der Waals surface area contributed by atoms with Crippen molar-refractivity contribution in [1.29, 1.82) is 0 Å². The van der Waals surface area contributed by atoms with Gasteiger partial charge in [0.15, 0.2) is 0 Å². The van der Waals surface area contributed by atoms with Crippen LogP contribution in [-0.4, -0.2) is 37.8 Å². The smallest absolute Gasteiger partial charge is 0.128 e. The summed E-state index contributed by atoms with van der Waals surface area (Å²) in [5, 5.41) is 3.54. The van der Waals surface area contributed by atoms with Crippen LogP contribution in [0.4, 0.5) is 5.82 Å². The van der Waals surface area contributed by atoms with E-state index >= 15 is 0 Å². The zero-order valence-electron chi connectivity index (χ0n) is 12.3. The number of hydrogen-bond donors (Lipinski definition) is 1. The molecule has 0 aliphatic heterocycles. The molecule has 0 bridgehead atoms. The maximum atomic E-state index is 5.69. The van der Waals surface area contributed by atoms with E-state index in [1.165, 1.54) is 31.2 Å². The second-order valence-electron chi connectivity index (χ2n) is 6.12. The minimum atomic E-state index is 0.750. The molecule has 110 valence electrons. The molecule has 3 rings (SSSR count). The minimum absolute atomic E-state index is 0.750. The Bertz CT molecular complexity index is 429. The number of pyridine rings is 1. The summed E-state index contributed by atoms with van der Waals surface area (Å²) < 4.78 is 5.69. The van der Waals surface area contributed by atoms with Crippen molar-refractivity contribution >= 4 is 5.82 Å². The lowest BCUT2D eigenvalue weighted by Crippen LogP contribution is -2.24. The molecule has 0 radical (unpaired) electrons. The van der Waals surface area contributed by atoms with Crippen LogP contribution in [0.25, 0.3) is 0 Å². The van der Waals surface area contributed by atoms with Gasteiger partial charge in [-0.15, -0.1) is 0 Å². The molecule has 20 heavy (non-hydrogen) atoms. The van der Waals surface area contributed by atoms with E-state index in [0.29, 0.717) is 0 Å². The molecule has 2 aliphatic carbocycles. The fraction of sp³-hybridized carbons (Fsp3) is 0.688. The van der Waals surface area contributed by atoms with Gasteiger partial charge >= 0.3 is 0 Å². The number of ether oxygens (including phenoxy) is 1. The van der Waals surface area contributed by atoms with E-state index in [2.05, 4.69) is 34.4 Å². The van der Waals surface area contributed by atoms with Crippen molar-refractivity contribution in [3.05, 3.63) is 23.9 Å². The number of nitrogens with zero attached hydrogens (tertiary/aromatic N) is 2. The van der Waals surface area contributed by atoms with Crippen molar-refractivity contribution in [2.75, 3.05) is 31.7 Å². The molecule has 2 aliphatic rings. The van der Waals surface area contributed by atoms with E-state index in [1.807, 2.05) is 6.20 Å². The number of likely N-dealkylation sites (N-methyl/N-ethyl adjacent to an activating group) is 1. The predicted molar refractivity (Wildman–Crippen MR) is 80.9 cm³/mol. The lowest BCUT2D eigenvalue weighted by atomic mass is 10.2. The van der Waals surface area contributed by atoms with Crippen LogP contribution in [0.5, 0.6) is 0 Å². The lowest BCUT2D eigenvalue weighted by Gasteiger charge is -2.18. The largest absolute Gasteiger partial charge is 0.379 e. The van der Waals surface area contributed by atoms with E-state index in [4.69, 9.17) is 4.74 Å². The SMILES string of the molecule is CN(CCOCC1CC1)c1cc(CNC2CC2)ccn1. The topological polar surface area (TPSA) is 37.4 Å². The minimum Gasteiger partial charge on any atom is -0.379 e. The summed E-state index contributed by atoms with van der Waals surface area (Å²) in [5.41, 5.74) is 1.31. The van der Waals surface area contributed by atoms with Crippen LogP contribution in [0, 0.1) is 5.92 Å². The van der Waals surface area contributed by atoms with Crippen LogP contribution in [0.2, 0.25) is 0 Å². The third-order valence-corrected chi connectivity index (χ3v) is 3.99. The summed E-state index contributed by atoms with van der Waals surface area (Å²) in [4.78, 5) is 6.62. The zero-order chi connectivity index (χ0) is 13.8. The highest BCUT2D eigenvalue weighted by Gasteiger charge is 2.21. The number of anilines is 1. The average Bonchev–Trinajstić information content (AvgIpc) is 3.36. The number of aromatic nitrogens is 1. The van der Waals surface area contributed by atoms with Gasteiger partial charge in [0.25, 0.3) is 0 Å². The van der Waals surface area contributed by atoms with E-state index in [9.17, 15) is 0 Å². The Morgan fingerprint density at radius 3 is 2.95 bits per heavy atom. The third-order valence-electron chi connectivity index (χ3n) is 3.99. The van der Waals surface area contributed by atoms with Gasteiger partial charge in [-0.2, -0.15) is 0 Å². The Morgan fingerprint density at radius 2 is 2.20 bits per heavy atom. The quantitative estimate of drug-likeness (QED) is 0.701. The zero-order valence-corrected chi connectivity index (χ0v) is 12.3. The summed E-state index contributed by atoms with van der Waals surface area (Å²) in [6, 6.07) is 5.02. The highest BCUT2D eigenvalue weighted by molar-refractivity contribution is 5.40. The molecule has 0 aromatic carbocycles. The van der Waals surface area contributed by atoms with Gasteiger partial charge in [0.2, 0.25) is 0 Å². The first-order valence-electron chi connectivity index (χ1n) is 7.78. The molecule has 1 N–H and O–H groups in total. The van der Waals surface area contributed by atoms with Crippen molar-refractivity contribution in [3.8, 4) is 0 Å². The van der Waals surface area contributed by atoms with Gasteiger partial charge in [0, 0.05) is 39.0 Å². The van der Waals surface area contributed by atoms with Crippen LogP contribution < -0.4 is 10.2 Å². The summed E-state index contributed by atoms with van der Waals surface area (Å²) >= 11 is 0. The molecule has 4 nitrogen and oxygen atoms in total. The molecule has 0 amide bonds. The Kier molecular flexibility index (Phi) is 4.53. The molecular formula is C16H25N3O. The molecule has 4 heteroatoms. The average molecular weight is 275 g/mol.